The quantitative estimate of drug-likeness (QED) is 0.290. The van der Waals surface area contributed by atoms with E-state index in [2.05, 4.69) is 33.8 Å². The maximum Gasteiger partial charge on any atom is 0.190 e. The molecule has 1 rings (SSSR count). The Balaban J connectivity index is 0.00000361. The van der Waals surface area contributed by atoms with Crippen LogP contribution in [-0.2, 0) is 0 Å². The zero-order chi connectivity index (χ0) is 13.9. The number of piperidine rings is 1. The summed E-state index contributed by atoms with van der Waals surface area (Å²) in [7, 11) is 4.06. The summed E-state index contributed by atoms with van der Waals surface area (Å²) >= 11 is 1.92. The minimum absolute atomic E-state index is 0. The molecular weight excluding hydrogens is 383 g/mol. The molecule has 1 fully saturated rings. The third-order valence-electron chi connectivity index (χ3n) is 3.57. The minimum Gasteiger partial charge on any atom is -0.356 e. The monoisotopic (exact) mass is 414 g/mol. The second-order valence-electron chi connectivity index (χ2n) is 5.35. The normalized spacial score (nSPS) is 20.4. The van der Waals surface area contributed by atoms with Crippen LogP contribution in [0.15, 0.2) is 4.99 Å². The molecule has 1 aliphatic rings. The summed E-state index contributed by atoms with van der Waals surface area (Å²) in [5, 5.41) is 6.85. The number of aliphatic imine (C=N–C) groups is 1. The van der Waals surface area contributed by atoms with Gasteiger partial charge in [0.15, 0.2) is 5.96 Å². The lowest BCUT2D eigenvalue weighted by Crippen LogP contribution is -2.43. The maximum absolute atomic E-state index is 4.28. The number of rotatable bonds is 7. The first-order valence-electron chi connectivity index (χ1n) is 7.38. The third-order valence-corrected chi connectivity index (χ3v) is 4.27. The average Bonchev–Trinajstić information content (AvgIpc) is 2.42. The first kappa shape index (κ1) is 20.3. The summed E-state index contributed by atoms with van der Waals surface area (Å²) in [6, 6.07) is 0. The topological polar surface area (TPSA) is 39.7 Å². The van der Waals surface area contributed by atoms with E-state index < -0.39 is 0 Å². The lowest BCUT2D eigenvalue weighted by molar-refractivity contribution is 0.210. The van der Waals surface area contributed by atoms with Gasteiger partial charge in [-0.2, -0.15) is 11.8 Å². The summed E-state index contributed by atoms with van der Waals surface area (Å²) in [5.74, 6) is 2.97. The predicted octanol–water partition coefficient (Wildman–Crippen LogP) is 2.25. The smallest absolute Gasteiger partial charge is 0.190 e. The van der Waals surface area contributed by atoms with Crippen LogP contribution in [0.4, 0.5) is 0 Å². The van der Waals surface area contributed by atoms with Crippen LogP contribution in [0.5, 0.6) is 0 Å². The Morgan fingerprint density at radius 1 is 1.35 bits per heavy atom. The van der Waals surface area contributed by atoms with Crippen molar-refractivity contribution in [2.75, 3.05) is 52.3 Å². The van der Waals surface area contributed by atoms with Crippen molar-refractivity contribution in [1.29, 1.82) is 0 Å². The molecule has 0 aliphatic carbocycles. The predicted molar refractivity (Wildman–Crippen MR) is 103 cm³/mol. The second kappa shape index (κ2) is 13.0. The minimum atomic E-state index is 0. The van der Waals surface area contributed by atoms with Crippen LogP contribution in [0.25, 0.3) is 0 Å². The van der Waals surface area contributed by atoms with Gasteiger partial charge in [-0.25, -0.2) is 0 Å². The molecule has 0 saturated carbocycles. The fraction of sp³-hybridized carbons (Fsp3) is 0.929. The fourth-order valence-corrected chi connectivity index (χ4v) is 2.97. The standard InChI is InChI=1S/C14H30N4S.HI/c1-15-14(16-8-4-5-10-19-3)17-11-13-7-6-9-18(2)12-13;/h13H,4-12H2,1-3H3,(H2,15,16,17);1H. The Bertz CT molecular complexity index is 264. The van der Waals surface area contributed by atoms with E-state index in [-0.39, 0.29) is 24.0 Å². The molecule has 0 radical (unpaired) electrons. The highest BCUT2D eigenvalue weighted by Gasteiger charge is 2.16. The molecule has 20 heavy (non-hydrogen) atoms. The Kier molecular flexibility index (Phi) is 13.2. The van der Waals surface area contributed by atoms with Crippen molar-refractivity contribution in [2.45, 2.75) is 25.7 Å². The highest BCUT2D eigenvalue weighted by atomic mass is 127. The highest BCUT2D eigenvalue weighted by Crippen LogP contribution is 2.13. The SMILES string of the molecule is CN=C(NCCCCSC)NCC1CCCN(C)C1.I. The summed E-state index contributed by atoms with van der Waals surface area (Å²) in [6.07, 6.45) is 7.31. The van der Waals surface area contributed by atoms with Gasteiger partial charge < -0.3 is 15.5 Å². The van der Waals surface area contributed by atoms with Crippen molar-refractivity contribution in [3.05, 3.63) is 0 Å². The molecule has 0 bridgehead atoms. The summed E-state index contributed by atoms with van der Waals surface area (Å²) in [5.41, 5.74) is 0. The average molecular weight is 414 g/mol. The molecule has 1 saturated heterocycles. The molecule has 0 spiro atoms. The molecule has 0 amide bonds. The van der Waals surface area contributed by atoms with E-state index in [1.807, 2.05) is 18.8 Å². The van der Waals surface area contributed by atoms with Gasteiger partial charge in [0.2, 0.25) is 0 Å². The Labute approximate surface area is 145 Å². The lowest BCUT2D eigenvalue weighted by Gasteiger charge is -2.30. The summed E-state index contributed by atoms with van der Waals surface area (Å²) in [4.78, 5) is 6.71. The molecule has 4 nitrogen and oxygen atoms in total. The maximum atomic E-state index is 4.28. The van der Waals surface area contributed by atoms with E-state index in [9.17, 15) is 0 Å². The van der Waals surface area contributed by atoms with E-state index >= 15 is 0 Å². The summed E-state index contributed by atoms with van der Waals surface area (Å²) in [6.45, 7) is 4.51. The van der Waals surface area contributed by atoms with Gasteiger partial charge in [0.1, 0.15) is 0 Å². The number of hydrogen-bond acceptors (Lipinski definition) is 3. The lowest BCUT2D eigenvalue weighted by atomic mass is 9.99. The van der Waals surface area contributed by atoms with Gasteiger partial charge in [-0.05, 0) is 57.2 Å². The summed E-state index contributed by atoms with van der Waals surface area (Å²) < 4.78 is 0. The number of nitrogens with zero attached hydrogens (tertiary/aromatic N) is 2. The van der Waals surface area contributed by atoms with Crippen molar-refractivity contribution in [1.82, 2.24) is 15.5 Å². The molecular formula is C14H31IN4S. The van der Waals surface area contributed by atoms with Crippen LogP contribution in [-0.4, -0.2) is 63.1 Å². The fourth-order valence-electron chi connectivity index (χ4n) is 2.48. The molecule has 2 N–H and O–H groups in total. The van der Waals surface area contributed by atoms with Gasteiger partial charge in [0.05, 0.1) is 0 Å². The molecule has 0 aromatic rings. The first-order chi connectivity index (χ1) is 9.26. The van der Waals surface area contributed by atoms with Gasteiger partial charge in [-0.1, -0.05) is 0 Å². The van der Waals surface area contributed by atoms with E-state index in [0.717, 1.165) is 25.0 Å². The molecule has 1 atom stereocenters. The van der Waals surface area contributed by atoms with Crippen molar-refractivity contribution in [3.63, 3.8) is 0 Å². The number of thioether (sulfide) groups is 1. The van der Waals surface area contributed by atoms with Gasteiger partial charge in [-0.3, -0.25) is 4.99 Å². The van der Waals surface area contributed by atoms with Crippen LogP contribution in [0, 0.1) is 5.92 Å². The van der Waals surface area contributed by atoms with Gasteiger partial charge in [0.25, 0.3) is 0 Å². The van der Waals surface area contributed by atoms with Gasteiger partial charge >= 0.3 is 0 Å². The molecule has 1 heterocycles. The first-order valence-corrected chi connectivity index (χ1v) is 8.77. The van der Waals surface area contributed by atoms with Gasteiger partial charge in [0, 0.05) is 26.7 Å². The molecule has 120 valence electrons. The number of hydrogen-bond donors (Lipinski definition) is 2. The van der Waals surface area contributed by atoms with Crippen molar-refractivity contribution in [2.24, 2.45) is 10.9 Å². The van der Waals surface area contributed by atoms with E-state index in [4.69, 9.17) is 0 Å². The van der Waals surface area contributed by atoms with Crippen molar-refractivity contribution in [3.8, 4) is 0 Å². The number of unbranched alkanes of at least 4 members (excludes halogenated alkanes) is 1. The molecule has 0 aromatic heterocycles. The van der Waals surface area contributed by atoms with E-state index in [1.54, 1.807) is 0 Å². The number of halogens is 1. The molecule has 1 aliphatic heterocycles. The molecule has 0 aromatic carbocycles. The third kappa shape index (κ3) is 9.28. The van der Waals surface area contributed by atoms with Crippen molar-refractivity contribution < 1.29 is 0 Å². The Morgan fingerprint density at radius 3 is 2.80 bits per heavy atom. The zero-order valence-electron chi connectivity index (χ0n) is 13.2. The largest absolute Gasteiger partial charge is 0.356 e. The Morgan fingerprint density at radius 2 is 2.15 bits per heavy atom. The van der Waals surface area contributed by atoms with Crippen LogP contribution >= 0.6 is 35.7 Å². The zero-order valence-corrected chi connectivity index (χ0v) is 16.3. The second-order valence-corrected chi connectivity index (χ2v) is 6.34. The number of guanidine groups is 1. The molecule has 6 heteroatoms. The van der Waals surface area contributed by atoms with Crippen LogP contribution in [0.1, 0.15) is 25.7 Å². The van der Waals surface area contributed by atoms with Crippen molar-refractivity contribution >= 4 is 41.7 Å². The number of likely N-dealkylation sites (tertiary alicyclic amines) is 1. The van der Waals surface area contributed by atoms with Crippen LogP contribution in [0.3, 0.4) is 0 Å². The van der Waals surface area contributed by atoms with E-state index in [1.165, 1.54) is 44.5 Å². The van der Waals surface area contributed by atoms with Gasteiger partial charge in [-0.15, -0.1) is 24.0 Å². The molecule has 1 unspecified atom stereocenters. The van der Waals surface area contributed by atoms with E-state index in [0.29, 0.717) is 0 Å². The Hall–Kier alpha value is 0.310. The highest BCUT2D eigenvalue weighted by molar-refractivity contribution is 14.0. The van der Waals surface area contributed by atoms with Crippen LogP contribution < -0.4 is 10.6 Å². The van der Waals surface area contributed by atoms with Crippen LogP contribution in [0.2, 0.25) is 0 Å². The number of nitrogens with one attached hydrogen (secondary N) is 2.